The summed E-state index contributed by atoms with van der Waals surface area (Å²) in [6, 6.07) is 13.7. The lowest BCUT2D eigenvalue weighted by atomic mass is 10.1. The predicted octanol–water partition coefficient (Wildman–Crippen LogP) is 3.19. The van der Waals surface area contributed by atoms with Gasteiger partial charge in [0.05, 0.1) is 12.2 Å². The number of aromatic nitrogens is 5. The zero-order valence-electron chi connectivity index (χ0n) is 14.3. The molecule has 0 unspecified atom stereocenters. The predicted molar refractivity (Wildman–Crippen MR) is 98.1 cm³/mol. The van der Waals surface area contributed by atoms with E-state index in [2.05, 4.69) is 40.2 Å². The Morgan fingerprint density at radius 3 is 2.65 bits per heavy atom. The average Bonchev–Trinajstić information content (AvgIpc) is 3.32. The van der Waals surface area contributed by atoms with E-state index in [0.717, 1.165) is 12.1 Å². The largest absolute Gasteiger partial charge is 0.384 e. The fourth-order valence-electron chi connectivity index (χ4n) is 2.91. The Bertz CT molecular complexity index is 1020. The first-order chi connectivity index (χ1) is 12.7. The first-order valence-corrected chi connectivity index (χ1v) is 8.39. The number of nitrogens with zero attached hydrogens (tertiary/aromatic N) is 5. The highest BCUT2D eigenvalue weighted by Crippen LogP contribution is 2.25. The van der Waals surface area contributed by atoms with Crippen molar-refractivity contribution >= 4 is 5.82 Å². The van der Waals surface area contributed by atoms with Crippen molar-refractivity contribution in [2.45, 2.75) is 19.9 Å². The monoisotopic (exact) mass is 346 g/mol. The van der Waals surface area contributed by atoms with Crippen molar-refractivity contribution < 1.29 is 4.52 Å². The maximum Gasteiger partial charge on any atom is 0.182 e. The summed E-state index contributed by atoms with van der Waals surface area (Å²) >= 11 is 0. The third kappa shape index (κ3) is 3.06. The van der Waals surface area contributed by atoms with E-state index in [1.807, 2.05) is 22.9 Å². The number of anilines is 1. The number of benzene rings is 1. The Morgan fingerprint density at radius 1 is 1.08 bits per heavy atom. The van der Waals surface area contributed by atoms with Crippen LogP contribution in [-0.2, 0) is 13.0 Å². The summed E-state index contributed by atoms with van der Waals surface area (Å²) in [4.78, 5) is 8.54. The standard InChI is InChI=1S/C19H18N6O/c1-2-13-5-3-4-6-14(13)12-25-17(15-8-10-26-24-15)11-16(23-25)19-21-9-7-18(20)22-19/h3-11H,2,12H2,1H3,(H2,20,21,22). The summed E-state index contributed by atoms with van der Waals surface area (Å²) < 4.78 is 6.91. The molecule has 0 radical (unpaired) electrons. The van der Waals surface area contributed by atoms with Crippen molar-refractivity contribution in [2.24, 2.45) is 0 Å². The Hall–Kier alpha value is -3.48. The Kier molecular flexibility index (Phi) is 4.18. The van der Waals surface area contributed by atoms with Gasteiger partial charge < -0.3 is 10.3 Å². The van der Waals surface area contributed by atoms with Crippen LogP contribution in [0, 0.1) is 0 Å². The van der Waals surface area contributed by atoms with Gasteiger partial charge in [-0.1, -0.05) is 36.3 Å². The molecular formula is C19H18N6O. The van der Waals surface area contributed by atoms with Gasteiger partial charge >= 0.3 is 0 Å². The van der Waals surface area contributed by atoms with Gasteiger partial charge in [0, 0.05) is 12.3 Å². The lowest BCUT2D eigenvalue weighted by Crippen LogP contribution is -2.06. The van der Waals surface area contributed by atoms with Crippen molar-refractivity contribution in [1.82, 2.24) is 24.9 Å². The molecule has 0 aliphatic carbocycles. The van der Waals surface area contributed by atoms with Gasteiger partial charge in [0.25, 0.3) is 0 Å². The molecule has 2 N–H and O–H groups in total. The minimum Gasteiger partial charge on any atom is -0.384 e. The molecule has 7 nitrogen and oxygen atoms in total. The lowest BCUT2D eigenvalue weighted by Gasteiger charge is -2.09. The van der Waals surface area contributed by atoms with Crippen molar-refractivity contribution in [1.29, 1.82) is 0 Å². The van der Waals surface area contributed by atoms with Gasteiger partial charge in [-0.3, -0.25) is 4.68 Å². The molecule has 0 aliphatic heterocycles. The second-order valence-electron chi connectivity index (χ2n) is 5.88. The van der Waals surface area contributed by atoms with E-state index in [4.69, 9.17) is 15.4 Å². The molecule has 130 valence electrons. The second kappa shape index (κ2) is 6.79. The molecule has 1 aromatic carbocycles. The van der Waals surface area contributed by atoms with Gasteiger partial charge in [-0.15, -0.1) is 0 Å². The molecule has 3 aromatic heterocycles. The molecule has 0 aliphatic rings. The molecule has 0 spiro atoms. The molecule has 0 amide bonds. The summed E-state index contributed by atoms with van der Waals surface area (Å²) in [7, 11) is 0. The molecule has 0 saturated heterocycles. The number of hydrogen-bond donors (Lipinski definition) is 1. The zero-order valence-corrected chi connectivity index (χ0v) is 14.3. The number of nitrogens with two attached hydrogens (primary N) is 1. The number of aryl methyl sites for hydroxylation is 1. The van der Waals surface area contributed by atoms with Gasteiger partial charge in [-0.25, -0.2) is 9.97 Å². The fraction of sp³-hybridized carbons (Fsp3) is 0.158. The van der Waals surface area contributed by atoms with E-state index in [1.54, 1.807) is 18.5 Å². The normalized spacial score (nSPS) is 11.0. The molecule has 4 aromatic rings. The van der Waals surface area contributed by atoms with Crippen LogP contribution in [0.15, 0.2) is 59.4 Å². The minimum atomic E-state index is 0.406. The van der Waals surface area contributed by atoms with E-state index in [1.165, 1.54) is 11.1 Å². The average molecular weight is 346 g/mol. The van der Waals surface area contributed by atoms with Crippen molar-refractivity contribution in [3.8, 4) is 22.9 Å². The van der Waals surface area contributed by atoms with Crippen LogP contribution in [0.25, 0.3) is 22.9 Å². The van der Waals surface area contributed by atoms with Crippen LogP contribution in [0.1, 0.15) is 18.1 Å². The van der Waals surface area contributed by atoms with Gasteiger partial charge in [-0.05, 0) is 29.7 Å². The van der Waals surface area contributed by atoms with Crippen molar-refractivity contribution in [2.75, 3.05) is 5.73 Å². The zero-order chi connectivity index (χ0) is 17.9. The van der Waals surface area contributed by atoms with Crippen LogP contribution < -0.4 is 5.73 Å². The SMILES string of the molecule is CCc1ccccc1Cn1nc(-c2nccc(N)n2)cc1-c1ccon1. The highest BCUT2D eigenvalue weighted by Gasteiger charge is 2.16. The van der Waals surface area contributed by atoms with Crippen LogP contribution in [0.5, 0.6) is 0 Å². The minimum absolute atomic E-state index is 0.406. The van der Waals surface area contributed by atoms with E-state index in [0.29, 0.717) is 29.6 Å². The Balaban J connectivity index is 1.80. The van der Waals surface area contributed by atoms with E-state index in [-0.39, 0.29) is 0 Å². The summed E-state index contributed by atoms with van der Waals surface area (Å²) in [6.07, 6.45) is 4.13. The summed E-state index contributed by atoms with van der Waals surface area (Å²) in [5.41, 5.74) is 10.5. The van der Waals surface area contributed by atoms with E-state index >= 15 is 0 Å². The number of rotatable bonds is 5. The smallest absolute Gasteiger partial charge is 0.182 e. The van der Waals surface area contributed by atoms with Gasteiger partial charge in [-0.2, -0.15) is 5.10 Å². The van der Waals surface area contributed by atoms with E-state index < -0.39 is 0 Å². The van der Waals surface area contributed by atoms with Crippen LogP contribution >= 0.6 is 0 Å². The number of hydrogen-bond acceptors (Lipinski definition) is 6. The number of nitrogen functional groups attached to an aromatic ring is 1. The molecular weight excluding hydrogens is 328 g/mol. The van der Waals surface area contributed by atoms with Crippen LogP contribution in [0.3, 0.4) is 0 Å². The fourth-order valence-corrected chi connectivity index (χ4v) is 2.91. The van der Waals surface area contributed by atoms with Crippen molar-refractivity contribution in [3.63, 3.8) is 0 Å². The molecule has 4 rings (SSSR count). The summed E-state index contributed by atoms with van der Waals surface area (Å²) in [6.45, 7) is 2.76. The molecule has 7 heteroatoms. The second-order valence-corrected chi connectivity index (χ2v) is 5.88. The lowest BCUT2D eigenvalue weighted by molar-refractivity contribution is 0.421. The van der Waals surface area contributed by atoms with Crippen LogP contribution in [0.2, 0.25) is 0 Å². The van der Waals surface area contributed by atoms with Gasteiger partial charge in [0.2, 0.25) is 0 Å². The molecule has 0 saturated carbocycles. The maximum atomic E-state index is 5.78. The van der Waals surface area contributed by atoms with Gasteiger partial charge in [0.1, 0.15) is 23.5 Å². The highest BCUT2D eigenvalue weighted by atomic mass is 16.5. The molecule has 0 fully saturated rings. The topological polar surface area (TPSA) is 95.7 Å². The van der Waals surface area contributed by atoms with Crippen LogP contribution in [0.4, 0.5) is 5.82 Å². The van der Waals surface area contributed by atoms with Crippen molar-refractivity contribution in [3.05, 3.63) is 66.1 Å². The quantitative estimate of drug-likeness (QED) is 0.596. The molecule has 0 atom stereocenters. The Labute approximate surface area is 150 Å². The Morgan fingerprint density at radius 2 is 1.92 bits per heavy atom. The molecule has 3 heterocycles. The molecule has 0 bridgehead atoms. The molecule has 26 heavy (non-hydrogen) atoms. The van der Waals surface area contributed by atoms with E-state index in [9.17, 15) is 0 Å². The maximum absolute atomic E-state index is 5.78. The van der Waals surface area contributed by atoms with Crippen LogP contribution in [-0.4, -0.2) is 24.9 Å². The van der Waals surface area contributed by atoms with Gasteiger partial charge in [0.15, 0.2) is 5.82 Å². The summed E-state index contributed by atoms with van der Waals surface area (Å²) in [5, 5.41) is 8.76. The summed E-state index contributed by atoms with van der Waals surface area (Å²) in [5.74, 6) is 0.890. The third-order valence-electron chi connectivity index (χ3n) is 4.21. The first-order valence-electron chi connectivity index (χ1n) is 8.39. The first kappa shape index (κ1) is 16.0. The highest BCUT2D eigenvalue weighted by molar-refractivity contribution is 5.63. The third-order valence-corrected chi connectivity index (χ3v) is 4.21.